The lowest BCUT2D eigenvalue weighted by Crippen LogP contribution is -2.61. The van der Waals surface area contributed by atoms with Gasteiger partial charge in [-0.1, -0.05) is 25.1 Å². The molecule has 0 spiro atoms. The van der Waals surface area contributed by atoms with Gasteiger partial charge in [-0.15, -0.1) is 0 Å². The van der Waals surface area contributed by atoms with Crippen molar-refractivity contribution in [3.8, 4) is 0 Å². The van der Waals surface area contributed by atoms with Crippen LogP contribution in [-0.4, -0.2) is 37.1 Å². The maximum absolute atomic E-state index is 12.6. The van der Waals surface area contributed by atoms with Gasteiger partial charge in [0.2, 0.25) is 5.91 Å². The van der Waals surface area contributed by atoms with Crippen LogP contribution in [0.4, 0.5) is 17.1 Å². The van der Waals surface area contributed by atoms with Crippen LogP contribution >= 0.6 is 0 Å². The molecule has 5 heteroatoms. The van der Waals surface area contributed by atoms with Crippen molar-refractivity contribution in [3.63, 3.8) is 0 Å². The standard InChI is InChI=1S/C25H32N4O/c1-16-17(2)29(18(3)30)24-12-11-21(28-15-20-9-10-22(28)14-26-20)13-23(24)25(16)27-19-7-5-4-6-8-19/h4-8,11-13,16-17,20,22,25-27H,9-10,14-15H2,1-3H3/t16-,17-,20?,22?,25+/m0/s1. The van der Waals surface area contributed by atoms with Gasteiger partial charge in [0.25, 0.3) is 0 Å². The van der Waals surface area contributed by atoms with Gasteiger partial charge in [0.15, 0.2) is 0 Å². The zero-order valence-corrected chi connectivity index (χ0v) is 18.1. The van der Waals surface area contributed by atoms with Crippen molar-refractivity contribution in [1.29, 1.82) is 0 Å². The number of anilines is 3. The molecular weight excluding hydrogens is 372 g/mol. The highest BCUT2D eigenvalue weighted by Gasteiger charge is 2.39. The van der Waals surface area contributed by atoms with Crippen LogP contribution in [0.2, 0.25) is 0 Å². The molecule has 0 aromatic heterocycles. The number of amides is 1. The van der Waals surface area contributed by atoms with E-state index in [0.29, 0.717) is 12.1 Å². The van der Waals surface area contributed by atoms with Crippen molar-refractivity contribution < 1.29 is 4.79 Å². The van der Waals surface area contributed by atoms with Crippen molar-refractivity contribution in [2.24, 2.45) is 5.92 Å². The van der Waals surface area contributed by atoms with Crippen LogP contribution < -0.4 is 20.4 Å². The van der Waals surface area contributed by atoms with Gasteiger partial charge in [-0.2, -0.15) is 0 Å². The minimum atomic E-state index is 0.114. The molecule has 0 saturated carbocycles. The monoisotopic (exact) mass is 404 g/mol. The summed E-state index contributed by atoms with van der Waals surface area (Å²) in [6, 6.07) is 18.6. The van der Waals surface area contributed by atoms with Crippen molar-refractivity contribution in [1.82, 2.24) is 5.32 Å². The molecule has 3 saturated heterocycles. The summed E-state index contributed by atoms with van der Waals surface area (Å²) < 4.78 is 0. The molecule has 1 amide bonds. The number of benzene rings is 2. The highest BCUT2D eigenvalue weighted by molar-refractivity contribution is 5.94. The second-order valence-electron chi connectivity index (χ2n) is 9.21. The van der Waals surface area contributed by atoms with E-state index in [1.165, 1.54) is 24.1 Å². The maximum atomic E-state index is 12.6. The number of rotatable bonds is 3. The first kappa shape index (κ1) is 19.4. The Labute approximate surface area is 179 Å². The summed E-state index contributed by atoms with van der Waals surface area (Å²) >= 11 is 0. The number of nitrogens with one attached hydrogen (secondary N) is 2. The fourth-order valence-electron chi connectivity index (χ4n) is 5.61. The van der Waals surface area contributed by atoms with Crippen LogP contribution in [-0.2, 0) is 4.79 Å². The Hall–Kier alpha value is -2.53. The third-order valence-electron chi connectivity index (χ3n) is 7.41. The topological polar surface area (TPSA) is 47.6 Å². The minimum Gasteiger partial charge on any atom is -0.378 e. The molecule has 0 radical (unpaired) electrons. The number of hydrogen-bond donors (Lipinski definition) is 2. The first-order valence-electron chi connectivity index (χ1n) is 11.3. The van der Waals surface area contributed by atoms with E-state index >= 15 is 0 Å². The lowest BCUT2D eigenvalue weighted by atomic mass is 9.82. The van der Waals surface area contributed by atoms with E-state index in [0.717, 1.165) is 24.5 Å². The van der Waals surface area contributed by atoms with Gasteiger partial charge < -0.3 is 20.4 Å². The van der Waals surface area contributed by atoms with E-state index in [4.69, 9.17) is 0 Å². The van der Waals surface area contributed by atoms with E-state index in [9.17, 15) is 4.79 Å². The Morgan fingerprint density at radius 3 is 2.53 bits per heavy atom. The molecular formula is C25H32N4O. The largest absolute Gasteiger partial charge is 0.378 e. The van der Waals surface area contributed by atoms with Crippen LogP contribution in [0.15, 0.2) is 48.5 Å². The molecule has 3 fully saturated rings. The Morgan fingerprint density at radius 1 is 1.10 bits per heavy atom. The second-order valence-corrected chi connectivity index (χ2v) is 9.21. The number of piperidine rings is 2. The Balaban J connectivity index is 1.56. The number of para-hydroxylation sites is 1. The third kappa shape index (κ3) is 3.25. The van der Waals surface area contributed by atoms with Gasteiger partial charge in [0.05, 0.1) is 6.04 Å². The van der Waals surface area contributed by atoms with Crippen LogP contribution in [0.3, 0.4) is 0 Å². The first-order chi connectivity index (χ1) is 14.5. The lowest BCUT2D eigenvalue weighted by molar-refractivity contribution is -0.117. The normalized spacial score (nSPS) is 30.2. The van der Waals surface area contributed by atoms with Crippen molar-refractivity contribution in [2.45, 2.75) is 57.8 Å². The average molecular weight is 405 g/mol. The summed E-state index contributed by atoms with van der Waals surface area (Å²) in [6.07, 6.45) is 2.53. The summed E-state index contributed by atoms with van der Waals surface area (Å²) in [5, 5.41) is 7.42. The Bertz CT molecular complexity index is 922. The summed E-state index contributed by atoms with van der Waals surface area (Å²) in [6.45, 7) is 8.24. The number of hydrogen-bond acceptors (Lipinski definition) is 4. The summed E-state index contributed by atoms with van der Waals surface area (Å²) in [5.41, 5.74) is 4.68. The minimum absolute atomic E-state index is 0.114. The summed E-state index contributed by atoms with van der Waals surface area (Å²) in [5.74, 6) is 0.402. The van der Waals surface area contributed by atoms with Gasteiger partial charge in [-0.25, -0.2) is 0 Å². The molecule has 4 aliphatic rings. The SMILES string of the molecule is CC(=O)N1c2ccc(N3CC4CCC3CN4)cc2[C@H](Nc2ccccc2)[C@@H](C)[C@@H]1C. The van der Waals surface area contributed by atoms with Crippen molar-refractivity contribution in [2.75, 3.05) is 28.2 Å². The predicted molar refractivity (Wildman–Crippen MR) is 123 cm³/mol. The maximum Gasteiger partial charge on any atom is 0.224 e. The molecule has 158 valence electrons. The summed E-state index contributed by atoms with van der Waals surface area (Å²) in [4.78, 5) is 17.1. The molecule has 2 bridgehead atoms. The van der Waals surface area contributed by atoms with Crippen LogP contribution in [0.5, 0.6) is 0 Å². The Morgan fingerprint density at radius 2 is 1.90 bits per heavy atom. The number of fused-ring (bicyclic) bond motifs is 4. The van der Waals surface area contributed by atoms with Crippen LogP contribution in [0.1, 0.15) is 45.2 Å². The van der Waals surface area contributed by atoms with Crippen LogP contribution in [0.25, 0.3) is 0 Å². The number of carbonyl (C=O) groups excluding carboxylic acids is 1. The van der Waals surface area contributed by atoms with Crippen LogP contribution in [0, 0.1) is 5.92 Å². The van der Waals surface area contributed by atoms with E-state index in [2.05, 4.69) is 71.8 Å². The molecule has 2 unspecified atom stereocenters. The number of nitrogens with zero attached hydrogens (tertiary/aromatic N) is 2. The third-order valence-corrected chi connectivity index (χ3v) is 7.41. The quantitative estimate of drug-likeness (QED) is 0.806. The number of carbonyl (C=O) groups is 1. The summed E-state index contributed by atoms with van der Waals surface area (Å²) in [7, 11) is 0. The molecule has 2 N–H and O–H groups in total. The van der Waals surface area contributed by atoms with E-state index in [1.54, 1.807) is 6.92 Å². The molecule has 2 aromatic carbocycles. The lowest BCUT2D eigenvalue weighted by Gasteiger charge is -2.48. The zero-order chi connectivity index (χ0) is 20.8. The highest BCUT2D eigenvalue weighted by Crippen LogP contribution is 2.44. The fourth-order valence-corrected chi connectivity index (χ4v) is 5.61. The first-order valence-corrected chi connectivity index (χ1v) is 11.3. The van der Waals surface area contributed by atoms with Gasteiger partial charge in [-0.05, 0) is 50.1 Å². The molecule has 4 aliphatic heterocycles. The van der Waals surface area contributed by atoms with Gasteiger partial charge >= 0.3 is 0 Å². The van der Waals surface area contributed by atoms with Crippen molar-refractivity contribution >= 4 is 23.0 Å². The second kappa shape index (κ2) is 7.62. The fraction of sp³-hybridized carbons (Fsp3) is 0.480. The molecule has 0 aliphatic carbocycles. The molecule has 5 nitrogen and oxygen atoms in total. The molecule has 30 heavy (non-hydrogen) atoms. The predicted octanol–water partition coefficient (Wildman–Crippen LogP) is 4.17. The molecule has 4 heterocycles. The van der Waals surface area contributed by atoms with Crippen molar-refractivity contribution in [3.05, 3.63) is 54.1 Å². The smallest absolute Gasteiger partial charge is 0.224 e. The molecule has 6 rings (SSSR count). The van der Waals surface area contributed by atoms with E-state index in [1.807, 2.05) is 11.0 Å². The van der Waals surface area contributed by atoms with Gasteiger partial charge in [-0.3, -0.25) is 4.79 Å². The zero-order valence-electron chi connectivity index (χ0n) is 18.1. The van der Waals surface area contributed by atoms with Gasteiger partial charge in [0, 0.05) is 66.7 Å². The van der Waals surface area contributed by atoms with E-state index in [-0.39, 0.29) is 23.9 Å². The average Bonchev–Trinajstić information content (AvgIpc) is 2.78. The molecule has 2 aromatic rings. The Kier molecular flexibility index (Phi) is 4.94. The highest BCUT2D eigenvalue weighted by atomic mass is 16.2. The van der Waals surface area contributed by atoms with Gasteiger partial charge in [0.1, 0.15) is 0 Å². The molecule has 5 atom stereocenters. The number of piperazine rings is 1. The van der Waals surface area contributed by atoms with E-state index < -0.39 is 0 Å².